The monoisotopic (exact) mass is 303 g/mol. The van der Waals surface area contributed by atoms with Crippen molar-refractivity contribution in [2.45, 2.75) is 20.0 Å². The predicted octanol–water partition coefficient (Wildman–Crippen LogP) is 2.87. The van der Waals surface area contributed by atoms with Crippen LogP contribution >= 0.6 is 11.6 Å². The van der Waals surface area contributed by atoms with Crippen LogP contribution in [0.1, 0.15) is 23.1 Å². The number of anilines is 1. The number of carbonyl (C=O) groups excluding carboxylic acids is 1. The van der Waals surface area contributed by atoms with Crippen LogP contribution in [0.2, 0.25) is 5.02 Å². The summed E-state index contributed by atoms with van der Waals surface area (Å²) in [6.07, 6.45) is 2.93. The van der Waals surface area contributed by atoms with E-state index in [1.807, 2.05) is 19.9 Å². The van der Waals surface area contributed by atoms with Crippen molar-refractivity contribution in [2.24, 2.45) is 0 Å². The number of hydrogen-bond donors (Lipinski definition) is 0. The summed E-state index contributed by atoms with van der Waals surface area (Å²) in [6, 6.07) is 5.35. The number of carbonyl (C=O) groups is 1. The van der Waals surface area contributed by atoms with Gasteiger partial charge in [-0.15, -0.1) is 0 Å². The highest BCUT2D eigenvalue weighted by atomic mass is 35.5. The summed E-state index contributed by atoms with van der Waals surface area (Å²) in [4.78, 5) is 22.6. The van der Waals surface area contributed by atoms with Gasteiger partial charge in [-0.05, 0) is 26.0 Å². The van der Waals surface area contributed by atoms with Crippen LogP contribution in [0.15, 0.2) is 30.6 Å². The lowest BCUT2D eigenvalue weighted by Gasteiger charge is -2.33. The fraction of sp³-hybridized carbons (Fsp3) is 0.267. The van der Waals surface area contributed by atoms with Crippen LogP contribution in [0.25, 0.3) is 0 Å². The zero-order valence-electron chi connectivity index (χ0n) is 11.7. The van der Waals surface area contributed by atoms with E-state index in [1.165, 1.54) is 6.20 Å². The van der Waals surface area contributed by atoms with Gasteiger partial charge in [0, 0.05) is 6.20 Å². The molecule has 1 aliphatic heterocycles. The Bertz CT molecular complexity index is 688. The maximum atomic E-state index is 12.7. The second-order valence-corrected chi connectivity index (χ2v) is 5.38. The molecule has 0 saturated heterocycles. The molecule has 0 N–H and O–H groups in total. The van der Waals surface area contributed by atoms with Crippen molar-refractivity contribution in [1.82, 2.24) is 9.97 Å². The first-order chi connectivity index (χ1) is 10.1. The van der Waals surface area contributed by atoms with Crippen molar-refractivity contribution in [3.05, 3.63) is 47.0 Å². The smallest absolute Gasteiger partial charge is 0.278 e. The third kappa shape index (κ3) is 2.56. The SMILES string of the molecule is Cc1cnc(C(=O)N2CC(C)Oc3c(Cl)cccc32)cn1. The summed E-state index contributed by atoms with van der Waals surface area (Å²) in [6.45, 7) is 4.17. The lowest BCUT2D eigenvalue weighted by Crippen LogP contribution is -2.42. The third-order valence-electron chi connectivity index (χ3n) is 3.24. The van der Waals surface area contributed by atoms with E-state index in [0.717, 1.165) is 5.69 Å². The highest BCUT2D eigenvalue weighted by molar-refractivity contribution is 6.32. The molecule has 1 aromatic carbocycles. The molecule has 0 spiro atoms. The molecule has 21 heavy (non-hydrogen) atoms. The van der Waals surface area contributed by atoms with Crippen LogP contribution in [-0.2, 0) is 0 Å². The van der Waals surface area contributed by atoms with Crippen molar-refractivity contribution < 1.29 is 9.53 Å². The molecule has 0 aliphatic carbocycles. The Hall–Kier alpha value is -2.14. The van der Waals surface area contributed by atoms with Gasteiger partial charge in [-0.1, -0.05) is 17.7 Å². The zero-order chi connectivity index (χ0) is 15.0. The Morgan fingerprint density at radius 3 is 2.90 bits per heavy atom. The molecule has 0 saturated carbocycles. The molecule has 0 radical (unpaired) electrons. The third-order valence-corrected chi connectivity index (χ3v) is 3.54. The molecule has 0 fully saturated rings. The van der Waals surface area contributed by atoms with Gasteiger partial charge in [0.1, 0.15) is 11.8 Å². The molecule has 6 heteroatoms. The van der Waals surface area contributed by atoms with E-state index in [-0.39, 0.29) is 12.0 Å². The van der Waals surface area contributed by atoms with Crippen LogP contribution in [0.4, 0.5) is 5.69 Å². The van der Waals surface area contributed by atoms with Gasteiger partial charge in [0.25, 0.3) is 5.91 Å². The second kappa shape index (κ2) is 5.33. The van der Waals surface area contributed by atoms with Gasteiger partial charge in [-0.3, -0.25) is 14.7 Å². The Morgan fingerprint density at radius 2 is 2.19 bits per heavy atom. The Kier molecular flexibility index (Phi) is 3.51. The molecule has 2 aromatic rings. The number of benzene rings is 1. The predicted molar refractivity (Wildman–Crippen MR) is 80.0 cm³/mol. The molecular weight excluding hydrogens is 290 g/mol. The second-order valence-electron chi connectivity index (χ2n) is 4.98. The quantitative estimate of drug-likeness (QED) is 0.813. The van der Waals surface area contributed by atoms with Crippen LogP contribution in [-0.4, -0.2) is 28.5 Å². The van der Waals surface area contributed by atoms with Crippen LogP contribution in [0.3, 0.4) is 0 Å². The van der Waals surface area contributed by atoms with Crippen molar-refractivity contribution in [3.63, 3.8) is 0 Å². The van der Waals surface area contributed by atoms with Crippen LogP contribution in [0.5, 0.6) is 5.75 Å². The summed E-state index contributed by atoms with van der Waals surface area (Å²) in [5.41, 5.74) is 1.74. The van der Waals surface area contributed by atoms with E-state index < -0.39 is 0 Å². The number of aryl methyl sites for hydroxylation is 1. The molecule has 1 amide bonds. The number of hydrogen-bond acceptors (Lipinski definition) is 4. The summed E-state index contributed by atoms with van der Waals surface area (Å²) in [7, 11) is 0. The summed E-state index contributed by atoms with van der Waals surface area (Å²) in [5, 5.41) is 0.492. The van der Waals surface area contributed by atoms with Crippen molar-refractivity contribution in [3.8, 4) is 5.75 Å². The number of halogens is 1. The minimum Gasteiger partial charge on any atom is -0.485 e. The summed E-state index contributed by atoms with van der Waals surface area (Å²) in [5.74, 6) is 0.326. The number of rotatable bonds is 1. The van der Waals surface area contributed by atoms with Gasteiger partial charge in [0.2, 0.25) is 0 Å². The van der Waals surface area contributed by atoms with Gasteiger partial charge >= 0.3 is 0 Å². The van der Waals surface area contributed by atoms with Crippen molar-refractivity contribution in [1.29, 1.82) is 0 Å². The number of fused-ring (bicyclic) bond motifs is 1. The van der Waals surface area contributed by atoms with Crippen LogP contribution < -0.4 is 9.64 Å². The fourth-order valence-electron chi connectivity index (χ4n) is 2.25. The fourth-order valence-corrected chi connectivity index (χ4v) is 2.47. The lowest BCUT2D eigenvalue weighted by molar-refractivity contribution is 0.0956. The maximum Gasteiger partial charge on any atom is 0.278 e. The number of amides is 1. The maximum absolute atomic E-state index is 12.7. The first kappa shape index (κ1) is 13.8. The molecule has 2 heterocycles. The van der Waals surface area contributed by atoms with E-state index in [9.17, 15) is 4.79 Å². The number of para-hydroxylation sites is 1. The average Bonchev–Trinajstić information content (AvgIpc) is 2.47. The number of aromatic nitrogens is 2. The van der Waals surface area contributed by atoms with E-state index in [0.29, 0.717) is 28.7 Å². The van der Waals surface area contributed by atoms with E-state index in [2.05, 4.69) is 9.97 Å². The molecule has 108 valence electrons. The van der Waals surface area contributed by atoms with Gasteiger partial charge in [0.05, 0.1) is 29.1 Å². The Labute approximate surface area is 127 Å². The molecule has 1 unspecified atom stereocenters. The zero-order valence-corrected chi connectivity index (χ0v) is 12.5. The summed E-state index contributed by atoms with van der Waals surface area (Å²) >= 11 is 6.15. The summed E-state index contributed by atoms with van der Waals surface area (Å²) < 4.78 is 5.74. The van der Waals surface area contributed by atoms with Gasteiger partial charge in [-0.2, -0.15) is 0 Å². The van der Waals surface area contributed by atoms with Gasteiger partial charge in [0.15, 0.2) is 5.75 Å². The lowest BCUT2D eigenvalue weighted by atomic mass is 10.2. The highest BCUT2D eigenvalue weighted by Crippen LogP contribution is 2.39. The number of nitrogens with zero attached hydrogens (tertiary/aromatic N) is 3. The van der Waals surface area contributed by atoms with Gasteiger partial charge in [-0.25, -0.2) is 4.98 Å². The topological polar surface area (TPSA) is 55.3 Å². The first-order valence-electron chi connectivity index (χ1n) is 6.62. The standard InChI is InChI=1S/C15H14ClN3O2/c1-9-6-18-12(7-17-9)15(20)19-8-10(2)21-14-11(16)4-3-5-13(14)19/h3-7,10H,8H2,1-2H3. The molecule has 1 aromatic heterocycles. The average molecular weight is 304 g/mol. The normalized spacial score (nSPS) is 17.1. The molecule has 1 atom stereocenters. The van der Waals surface area contributed by atoms with Crippen LogP contribution in [0, 0.1) is 6.92 Å². The minimum atomic E-state index is -0.207. The number of ether oxygens (including phenoxy) is 1. The minimum absolute atomic E-state index is 0.139. The Morgan fingerprint density at radius 1 is 1.38 bits per heavy atom. The van der Waals surface area contributed by atoms with Crippen molar-refractivity contribution in [2.75, 3.05) is 11.4 Å². The van der Waals surface area contributed by atoms with E-state index >= 15 is 0 Å². The van der Waals surface area contributed by atoms with Gasteiger partial charge < -0.3 is 4.74 Å². The Balaban J connectivity index is 2.01. The molecular formula is C15H14ClN3O2. The van der Waals surface area contributed by atoms with E-state index in [4.69, 9.17) is 16.3 Å². The largest absolute Gasteiger partial charge is 0.485 e. The molecule has 0 bridgehead atoms. The highest BCUT2D eigenvalue weighted by Gasteiger charge is 2.30. The molecule has 3 rings (SSSR count). The molecule has 5 nitrogen and oxygen atoms in total. The van der Waals surface area contributed by atoms with E-state index in [1.54, 1.807) is 23.2 Å². The first-order valence-corrected chi connectivity index (χ1v) is 6.99. The van der Waals surface area contributed by atoms with Crippen molar-refractivity contribution >= 4 is 23.2 Å². The molecule has 1 aliphatic rings.